The predicted molar refractivity (Wildman–Crippen MR) is 204 cm³/mol. The van der Waals surface area contributed by atoms with Crippen LogP contribution in [0.5, 0.6) is 0 Å². The molecule has 1 aliphatic heterocycles. The number of ether oxygens (including phenoxy) is 3. The van der Waals surface area contributed by atoms with E-state index in [0.717, 1.165) is 38.9 Å². The number of thioether (sulfide) groups is 1. The zero-order chi connectivity index (χ0) is 37.9. The van der Waals surface area contributed by atoms with Gasteiger partial charge in [-0.15, -0.1) is 11.8 Å². The van der Waals surface area contributed by atoms with E-state index in [4.69, 9.17) is 14.2 Å². The average Bonchev–Trinajstić information content (AvgIpc) is 3.22. The molecule has 0 bridgehead atoms. The van der Waals surface area contributed by atoms with Gasteiger partial charge in [0, 0.05) is 36.9 Å². The van der Waals surface area contributed by atoms with Crippen LogP contribution in [0.1, 0.15) is 57.0 Å². The number of hydrogen-bond acceptors (Lipinski definition) is 9. The highest BCUT2D eigenvalue weighted by molar-refractivity contribution is 7.99. The summed E-state index contributed by atoms with van der Waals surface area (Å²) in [5.41, 5.74) is 6.30. The van der Waals surface area contributed by atoms with Gasteiger partial charge in [-0.05, 0) is 45.5 Å². The first kappa shape index (κ1) is 38.2. The third-order valence-corrected chi connectivity index (χ3v) is 10.2. The normalized spacial score (nSPS) is 17.3. The number of carboxylic acid groups (broad SMARTS) is 1. The molecule has 11 nitrogen and oxygen atoms in total. The molecule has 1 saturated heterocycles. The Kier molecular flexibility index (Phi) is 13.1. The average molecular weight is 748 g/mol. The lowest BCUT2D eigenvalue weighted by molar-refractivity contribution is -0.245. The van der Waals surface area contributed by atoms with Crippen LogP contribution in [0.25, 0.3) is 11.1 Å². The fourth-order valence-corrected chi connectivity index (χ4v) is 7.21. The minimum Gasteiger partial charge on any atom is -0.478 e. The number of urea groups is 1. The largest absolute Gasteiger partial charge is 0.478 e. The molecule has 1 fully saturated rings. The van der Waals surface area contributed by atoms with Crippen molar-refractivity contribution in [2.24, 2.45) is 0 Å². The number of esters is 1. The number of rotatable bonds is 14. The number of aliphatic hydroxyl groups is 1. The summed E-state index contributed by atoms with van der Waals surface area (Å²) in [5, 5.41) is 25.2. The van der Waals surface area contributed by atoms with Gasteiger partial charge in [-0.2, -0.15) is 0 Å². The molecule has 6 rings (SSSR count). The molecule has 0 radical (unpaired) electrons. The van der Waals surface area contributed by atoms with Crippen molar-refractivity contribution in [3.8, 4) is 11.1 Å². The number of carboxylic acids is 1. The van der Waals surface area contributed by atoms with Crippen molar-refractivity contribution < 1.29 is 38.8 Å². The molecular formula is C42H41N3O8S. The van der Waals surface area contributed by atoms with Crippen molar-refractivity contribution in [1.29, 1.82) is 0 Å². The van der Waals surface area contributed by atoms with E-state index < -0.39 is 30.3 Å². The van der Waals surface area contributed by atoms with Gasteiger partial charge < -0.3 is 35.1 Å². The molecule has 4 aromatic carbocycles. The van der Waals surface area contributed by atoms with Gasteiger partial charge in [0.1, 0.15) is 11.1 Å². The van der Waals surface area contributed by atoms with E-state index >= 15 is 0 Å². The van der Waals surface area contributed by atoms with Gasteiger partial charge in [0.2, 0.25) is 0 Å². The second kappa shape index (κ2) is 18.5. The van der Waals surface area contributed by atoms with Crippen LogP contribution in [0, 0.1) is 0 Å². The standard InChI is InChI=1S/C42H41N3O8S/c1-51-40(49)36(22-27-8-3-2-4-9-27)45-42(50)44-24-32-10-5-6-11-34(32)29-17-19-31(20-18-29)41-52-33(26-54-38-35(39(47)48)12-7-21-43-38)23-37(53-41)30-15-13-28(25-46)14-16-30/h2-21,33,36-37,41,46H,22-26H2,1H3,(H,47,48)(H2,44,45,50)/t33-,36-,37+,41+/m0/s1. The van der Waals surface area contributed by atoms with Crippen LogP contribution < -0.4 is 10.6 Å². The fraction of sp³-hybridized carbons (Fsp3) is 0.238. The highest BCUT2D eigenvalue weighted by Gasteiger charge is 2.33. The summed E-state index contributed by atoms with van der Waals surface area (Å²) in [6.45, 7) is 0.157. The maximum absolute atomic E-state index is 13.0. The number of amides is 2. The summed E-state index contributed by atoms with van der Waals surface area (Å²) >= 11 is 1.33. The van der Waals surface area contributed by atoms with E-state index in [-0.39, 0.29) is 30.9 Å². The Hall–Kier alpha value is -5.53. The van der Waals surface area contributed by atoms with Crippen molar-refractivity contribution in [2.75, 3.05) is 12.9 Å². The number of carbonyl (C=O) groups excluding carboxylic acids is 2. The Bertz CT molecular complexity index is 2030. The highest BCUT2D eigenvalue weighted by atomic mass is 32.2. The Morgan fingerprint density at radius 1 is 0.870 bits per heavy atom. The monoisotopic (exact) mass is 747 g/mol. The smallest absolute Gasteiger partial charge is 0.338 e. The quantitative estimate of drug-likeness (QED) is 0.0699. The molecule has 0 spiro atoms. The van der Waals surface area contributed by atoms with Gasteiger partial charge >= 0.3 is 18.0 Å². The lowest BCUT2D eigenvalue weighted by Crippen LogP contribution is -2.47. The number of aliphatic hydroxyl groups excluding tert-OH is 1. The highest BCUT2D eigenvalue weighted by Crippen LogP contribution is 2.40. The topological polar surface area (TPSA) is 156 Å². The molecular weight excluding hydrogens is 707 g/mol. The number of nitrogens with zero attached hydrogens (tertiary/aromatic N) is 1. The molecule has 5 aromatic rings. The minimum absolute atomic E-state index is 0.0594. The van der Waals surface area contributed by atoms with Gasteiger partial charge in [0.05, 0.1) is 31.5 Å². The summed E-state index contributed by atoms with van der Waals surface area (Å²) in [4.78, 5) is 41.5. The molecule has 4 atom stereocenters. The third-order valence-electron chi connectivity index (χ3n) is 9.05. The van der Waals surface area contributed by atoms with E-state index in [1.807, 2.05) is 103 Å². The molecule has 0 saturated carbocycles. The summed E-state index contributed by atoms with van der Waals surface area (Å²) in [6, 6.07) is 34.4. The molecule has 54 heavy (non-hydrogen) atoms. The maximum Gasteiger partial charge on any atom is 0.338 e. The van der Waals surface area contributed by atoms with E-state index in [1.165, 1.54) is 24.9 Å². The van der Waals surface area contributed by atoms with Gasteiger partial charge in [0.25, 0.3) is 0 Å². The number of aromatic nitrogens is 1. The van der Waals surface area contributed by atoms with Gasteiger partial charge in [-0.1, -0.05) is 103 Å². The number of benzene rings is 4. The zero-order valence-electron chi connectivity index (χ0n) is 29.6. The summed E-state index contributed by atoms with van der Waals surface area (Å²) in [5.74, 6) is -1.11. The number of methoxy groups -OCH3 is 1. The second-order valence-corrected chi connectivity index (χ2v) is 13.7. The van der Waals surface area contributed by atoms with Crippen molar-refractivity contribution >= 4 is 29.7 Å². The molecule has 12 heteroatoms. The molecule has 0 unspecified atom stereocenters. The lowest BCUT2D eigenvalue weighted by Gasteiger charge is -2.36. The van der Waals surface area contributed by atoms with Crippen LogP contribution in [0.3, 0.4) is 0 Å². The van der Waals surface area contributed by atoms with Crippen LogP contribution in [0.4, 0.5) is 4.79 Å². The van der Waals surface area contributed by atoms with E-state index in [2.05, 4.69) is 15.6 Å². The number of carbonyl (C=O) groups is 3. The van der Waals surface area contributed by atoms with Crippen LogP contribution in [-0.4, -0.2) is 58.2 Å². The van der Waals surface area contributed by atoms with Crippen LogP contribution in [0.15, 0.2) is 126 Å². The third kappa shape index (κ3) is 9.91. The van der Waals surface area contributed by atoms with E-state index in [9.17, 15) is 24.6 Å². The SMILES string of the molecule is COC(=O)[C@H](Cc1ccccc1)NC(=O)NCc1ccccc1-c1ccc([C@@H]2O[C@H](CSc3ncccc3C(=O)O)C[C@H](c3ccc(CO)cc3)O2)cc1. The Morgan fingerprint density at radius 3 is 2.31 bits per heavy atom. The number of nitrogens with one attached hydrogen (secondary N) is 2. The Balaban J connectivity index is 1.15. The predicted octanol–water partition coefficient (Wildman–Crippen LogP) is 6.86. The van der Waals surface area contributed by atoms with Crippen molar-refractivity contribution in [3.05, 3.63) is 155 Å². The Morgan fingerprint density at radius 2 is 1.59 bits per heavy atom. The van der Waals surface area contributed by atoms with Crippen molar-refractivity contribution in [2.45, 2.75) is 55.6 Å². The van der Waals surface area contributed by atoms with Gasteiger partial charge in [0.15, 0.2) is 6.29 Å². The maximum atomic E-state index is 13.0. The Labute approximate surface area is 317 Å². The lowest BCUT2D eigenvalue weighted by atomic mass is 9.98. The first-order valence-corrected chi connectivity index (χ1v) is 18.5. The zero-order valence-corrected chi connectivity index (χ0v) is 30.4. The van der Waals surface area contributed by atoms with Crippen LogP contribution in [-0.2, 0) is 38.6 Å². The van der Waals surface area contributed by atoms with E-state index in [0.29, 0.717) is 23.6 Å². The summed E-state index contributed by atoms with van der Waals surface area (Å²) in [6.07, 6.45) is 1.10. The molecule has 1 aliphatic rings. The number of pyridine rings is 1. The molecule has 278 valence electrons. The second-order valence-electron chi connectivity index (χ2n) is 12.7. The van der Waals surface area contributed by atoms with Crippen LogP contribution >= 0.6 is 11.8 Å². The van der Waals surface area contributed by atoms with Crippen LogP contribution in [0.2, 0.25) is 0 Å². The molecule has 2 amide bonds. The molecule has 2 heterocycles. The molecule has 1 aromatic heterocycles. The minimum atomic E-state index is -1.04. The first-order chi connectivity index (χ1) is 26.3. The van der Waals surface area contributed by atoms with E-state index in [1.54, 1.807) is 12.3 Å². The fourth-order valence-electron chi connectivity index (χ4n) is 6.21. The first-order valence-electron chi connectivity index (χ1n) is 17.5. The van der Waals surface area contributed by atoms with Crippen molar-refractivity contribution in [3.63, 3.8) is 0 Å². The molecule has 4 N–H and O–H groups in total. The number of hydrogen-bond donors (Lipinski definition) is 4. The van der Waals surface area contributed by atoms with Gasteiger partial charge in [-0.3, -0.25) is 0 Å². The van der Waals surface area contributed by atoms with Crippen molar-refractivity contribution in [1.82, 2.24) is 15.6 Å². The molecule has 0 aliphatic carbocycles. The van der Waals surface area contributed by atoms with Gasteiger partial charge in [-0.25, -0.2) is 19.4 Å². The number of aromatic carboxylic acids is 1. The summed E-state index contributed by atoms with van der Waals surface area (Å²) in [7, 11) is 1.29. The summed E-state index contributed by atoms with van der Waals surface area (Å²) < 4.78 is 17.9.